The number of nitrogens with zero attached hydrogens (tertiary/aromatic N) is 1. The Morgan fingerprint density at radius 1 is 1.12 bits per heavy atom. The molecule has 0 heterocycles. The van der Waals surface area contributed by atoms with Gasteiger partial charge in [0, 0.05) is 19.6 Å². The maximum atomic E-state index is 12.4. The summed E-state index contributed by atoms with van der Waals surface area (Å²) in [7, 11) is -3.48. The van der Waals surface area contributed by atoms with E-state index in [0.29, 0.717) is 31.3 Å². The van der Waals surface area contributed by atoms with Crippen molar-refractivity contribution in [2.75, 3.05) is 19.6 Å². The standard InChI is InChI=1S/C17H28N2O4S/c1-6-19(7-2)24(21,22)16-10-8-15(9-11-16)23-14(5)17(20)18-12-13(3)4/h8-11,13-14H,6-7,12H2,1-5H3,(H,18,20)/t14-/m1/s1. The van der Waals surface area contributed by atoms with Crippen molar-refractivity contribution in [3.8, 4) is 5.75 Å². The second kappa shape index (κ2) is 9.03. The van der Waals surface area contributed by atoms with Gasteiger partial charge in [0.15, 0.2) is 6.10 Å². The number of hydrogen-bond donors (Lipinski definition) is 1. The van der Waals surface area contributed by atoms with Crippen LogP contribution in [-0.4, -0.2) is 44.4 Å². The Kier molecular flexibility index (Phi) is 7.69. The Balaban J connectivity index is 2.76. The molecule has 1 atom stereocenters. The van der Waals surface area contributed by atoms with E-state index < -0.39 is 16.1 Å². The molecule has 136 valence electrons. The molecule has 1 N–H and O–H groups in total. The molecule has 0 bridgehead atoms. The zero-order chi connectivity index (χ0) is 18.3. The third kappa shape index (κ3) is 5.49. The number of hydrogen-bond acceptors (Lipinski definition) is 4. The van der Waals surface area contributed by atoms with E-state index in [1.54, 1.807) is 32.9 Å². The Hall–Kier alpha value is -1.60. The monoisotopic (exact) mass is 356 g/mol. The molecule has 0 saturated heterocycles. The molecule has 0 aromatic heterocycles. The summed E-state index contributed by atoms with van der Waals surface area (Å²) in [6.07, 6.45) is -0.644. The predicted molar refractivity (Wildman–Crippen MR) is 94.5 cm³/mol. The van der Waals surface area contributed by atoms with Crippen molar-refractivity contribution in [3.05, 3.63) is 24.3 Å². The second-order valence-corrected chi connectivity index (χ2v) is 7.90. The third-order valence-electron chi connectivity index (χ3n) is 3.53. The van der Waals surface area contributed by atoms with Gasteiger partial charge in [-0.15, -0.1) is 0 Å². The molecule has 0 saturated carbocycles. The summed E-state index contributed by atoms with van der Waals surface area (Å²) in [6.45, 7) is 10.7. The first-order valence-corrected chi connectivity index (χ1v) is 9.70. The van der Waals surface area contributed by atoms with Crippen molar-refractivity contribution < 1.29 is 17.9 Å². The van der Waals surface area contributed by atoms with E-state index in [9.17, 15) is 13.2 Å². The van der Waals surface area contributed by atoms with E-state index in [-0.39, 0.29) is 10.8 Å². The van der Waals surface area contributed by atoms with E-state index in [4.69, 9.17) is 4.74 Å². The van der Waals surface area contributed by atoms with Crippen LogP contribution in [0.2, 0.25) is 0 Å². The van der Waals surface area contributed by atoms with Gasteiger partial charge in [-0.05, 0) is 37.1 Å². The minimum absolute atomic E-state index is 0.191. The smallest absolute Gasteiger partial charge is 0.260 e. The average molecular weight is 356 g/mol. The molecule has 0 spiro atoms. The highest BCUT2D eigenvalue weighted by Gasteiger charge is 2.21. The number of rotatable bonds is 9. The minimum Gasteiger partial charge on any atom is -0.481 e. The number of sulfonamides is 1. The predicted octanol–water partition coefficient (Wildman–Crippen LogP) is 2.26. The lowest BCUT2D eigenvalue weighted by molar-refractivity contribution is -0.127. The topological polar surface area (TPSA) is 75.7 Å². The lowest BCUT2D eigenvalue weighted by Crippen LogP contribution is -2.38. The number of carbonyl (C=O) groups is 1. The van der Waals surface area contributed by atoms with Gasteiger partial charge in [-0.2, -0.15) is 4.31 Å². The van der Waals surface area contributed by atoms with Gasteiger partial charge in [-0.3, -0.25) is 4.79 Å². The van der Waals surface area contributed by atoms with Crippen LogP contribution in [0.5, 0.6) is 5.75 Å². The summed E-state index contributed by atoms with van der Waals surface area (Å²) in [5.74, 6) is 0.634. The first-order valence-electron chi connectivity index (χ1n) is 8.26. The van der Waals surface area contributed by atoms with Gasteiger partial charge in [0.25, 0.3) is 5.91 Å². The fraction of sp³-hybridized carbons (Fsp3) is 0.588. The van der Waals surface area contributed by atoms with E-state index >= 15 is 0 Å². The third-order valence-corrected chi connectivity index (χ3v) is 5.60. The summed E-state index contributed by atoms with van der Waals surface area (Å²) in [6, 6.07) is 6.15. The summed E-state index contributed by atoms with van der Waals surface area (Å²) in [5.41, 5.74) is 0. The molecular weight excluding hydrogens is 328 g/mol. The van der Waals surface area contributed by atoms with E-state index in [1.165, 1.54) is 16.4 Å². The molecule has 1 rings (SSSR count). The summed E-state index contributed by atoms with van der Waals surface area (Å²) < 4.78 is 31.8. The number of amides is 1. The zero-order valence-corrected chi connectivity index (χ0v) is 15.9. The summed E-state index contributed by atoms with van der Waals surface area (Å²) in [4.78, 5) is 12.1. The van der Waals surface area contributed by atoms with Gasteiger partial charge in [-0.25, -0.2) is 8.42 Å². The first-order chi connectivity index (χ1) is 11.2. The zero-order valence-electron chi connectivity index (χ0n) is 15.1. The molecule has 7 heteroatoms. The van der Waals surface area contributed by atoms with Crippen LogP contribution in [0.25, 0.3) is 0 Å². The van der Waals surface area contributed by atoms with E-state index in [0.717, 1.165) is 0 Å². The van der Waals surface area contributed by atoms with Crippen LogP contribution >= 0.6 is 0 Å². The lowest BCUT2D eigenvalue weighted by Gasteiger charge is -2.19. The maximum Gasteiger partial charge on any atom is 0.260 e. The maximum absolute atomic E-state index is 12.4. The summed E-state index contributed by atoms with van der Waals surface area (Å²) in [5, 5.41) is 2.80. The number of carbonyl (C=O) groups excluding carboxylic acids is 1. The van der Waals surface area contributed by atoms with Crippen LogP contribution in [0.15, 0.2) is 29.2 Å². The van der Waals surface area contributed by atoms with Crippen molar-refractivity contribution in [1.82, 2.24) is 9.62 Å². The van der Waals surface area contributed by atoms with Crippen LogP contribution in [0.3, 0.4) is 0 Å². The molecular formula is C17H28N2O4S. The minimum atomic E-state index is -3.48. The molecule has 0 aliphatic rings. The number of ether oxygens (including phenoxy) is 1. The highest BCUT2D eigenvalue weighted by molar-refractivity contribution is 7.89. The lowest BCUT2D eigenvalue weighted by atomic mass is 10.2. The SMILES string of the molecule is CCN(CC)S(=O)(=O)c1ccc(O[C@H](C)C(=O)NCC(C)C)cc1. The van der Waals surface area contributed by atoms with E-state index in [1.807, 2.05) is 13.8 Å². The van der Waals surface area contributed by atoms with E-state index in [2.05, 4.69) is 5.32 Å². The van der Waals surface area contributed by atoms with Crippen molar-refractivity contribution in [2.24, 2.45) is 5.92 Å². The quantitative estimate of drug-likeness (QED) is 0.736. The molecule has 0 unspecified atom stereocenters. The summed E-state index contributed by atoms with van der Waals surface area (Å²) >= 11 is 0. The van der Waals surface area contributed by atoms with Crippen LogP contribution < -0.4 is 10.1 Å². The first kappa shape index (κ1) is 20.4. The highest BCUT2D eigenvalue weighted by atomic mass is 32.2. The van der Waals surface area contributed by atoms with Gasteiger partial charge in [0.05, 0.1) is 4.90 Å². The number of nitrogens with one attached hydrogen (secondary N) is 1. The average Bonchev–Trinajstić information content (AvgIpc) is 2.53. The van der Waals surface area contributed by atoms with Crippen LogP contribution in [-0.2, 0) is 14.8 Å². The molecule has 24 heavy (non-hydrogen) atoms. The normalized spacial score (nSPS) is 13.1. The molecule has 0 radical (unpaired) electrons. The highest BCUT2D eigenvalue weighted by Crippen LogP contribution is 2.20. The Labute approximate surface area is 145 Å². The molecule has 1 aromatic rings. The van der Waals surface area contributed by atoms with Crippen LogP contribution in [0, 0.1) is 5.92 Å². The fourth-order valence-corrected chi connectivity index (χ4v) is 3.57. The van der Waals surface area contributed by atoms with Crippen LogP contribution in [0.1, 0.15) is 34.6 Å². The molecule has 0 fully saturated rings. The Morgan fingerprint density at radius 2 is 1.67 bits per heavy atom. The van der Waals surface area contributed by atoms with Crippen molar-refractivity contribution in [2.45, 2.75) is 45.6 Å². The fourth-order valence-electron chi connectivity index (χ4n) is 2.11. The number of benzene rings is 1. The molecule has 1 amide bonds. The van der Waals surface area contributed by atoms with Crippen molar-refractivity contribution in [3.63, 3.8) is 0 Å². The molecule has 1 aromatic carbocycles. The van der Waals surface area contributed by atoms with Gasteiger partial charge >= 0.3 is 0 Å². The molecule has 0 aliphatic heterocycles. The Bertz CT molecular complexity index is 622. The Morgan fingerprint density at radius 3 is 2.12 bits per heavy atom. The van der Waals surface area contributed by atoms with Gasteiger partial charge in [0.1, 0.15) is 5.75 Å². The van der Waals surface area contributed by atoms with Gasteiger partial charge in [0.2, 0.25) is 10.0 Å². The molecule has 0 aliphatic carbocycles. The second-order valence-electron chi connectivity index (χ2n) is 5.96. The molecule has 6 nitrogen and oxygen atoms in total. The van der Waals surface area contributed by atoms with Crippen molar-refractivity contribution in [1.29, 1.82) is 0 Å². The van der Waals surface area contributed by atoms with Crippen molar-refractivity contribution >= 4 is 15.9 Å². The van der Waals surface area contributed by atoms with Gasteiger partial charge in [-0.1, -0.05) is 27.7 Å². The van der Waals surface area contributed by atoms with Crippen LogP contribution in [0.4, 0.5) is 0 Å². The van der Waals surface area contributed by atoms with Gasteiger partial charge < -0.3 is 10.1 Å². The largest absolute Gasteiger partial charge is 0.481 e.